The molecule has 4 rings (SSSR count). The number of carbonyl (C=O) groups is 1. The maximum atomic E-state index is 12.2. The molecule has 30 heavy (non-hydrogen) atoms. The minimum Gasteiger partial charge on any atom is -0.327 e. The van der Waals surface area contributed by atoms with Crippen LogP contribution < -0.4 is 10.6 Å². The van der Waals surface area contributed by atoms with Crippen LogP contribution in [0.25, 0.3) is 16.8 Å². The molecule has 1 unspecified atom stereocenters. The zero-order valence-corrected chi connectivity index (χ0v) is 18.0. The smallest absolute Gasteiger partial charge is 0.319 e. The number of nitrogens with zero attached hydrogens (tertiary/aromatic N) is 3. The molecule has 0 saturated heterocycles. The topological polar surface area (TPSA) is 79.3 Å². The quantitative estimate of drug-likeness (QED) is 0.585. The van der Waals surface area contributed by atoms with Crippen LogP contribution in [0.4, 0.5) is 4.79 Å². The minimum atomic E-state index is -0.299. The Kier molecular flexibility index (Phi) is 5.46. The number of allylic oxidation sites excluding steroid dienone is 1. The fraction of sp³-hybridized carbons (Fsp3) is 0.217. The molecule has 3 aromatic rings. The van der Waals surface area contributed by atoms with Gasteiger partial charge in [0.2, 0.25) is 0 Å². The molecule has 1 atom stereocenters. The van der Waals surface area contributed by atoms with Gasteiger partial charge in [-0.2, -0.15) is 0 Å². The molecule has 152 valence electrons. The predicted octanol–water partition coefficient (Wildman–Crippen LogP) is 4.81. The van der Waals surface area contributed by atoms with Crippen molar-refractivity contribution in [3.63, 3.8) is 0 Å². The van der Waals surface area contributed by atoms with E-state index < -0.39 is 0 Å². The molecule has 6 nitrogen and oxygen atoms in total. The zero-order valence-electron chi connectivity index (χ0n) is 17.2. The third-order valence-corrected chi connectivity index (χ3v) is 6.00. The molecule has 0 saturated carbocycles. The molecule has 1 aromatic carbocycles. The van der Waals surface area contributed by atoms with Gasteiger partial charge in [0.15, 0.2) is 0 Å². The molecule has 2 aromatic heterocycles. The van der Waals surface area contributed by atoms with Crippen LogP contribution in [0, 0.1) is 13.8 Å². The van der Waals surface area contributed by atoms with Gasteiger partial charge in [-0.15, -0.1) is 11.3 Å². The second-order valence-corrected chi connectivity index (χ2v) is 8.17. The second kappa shape index (κ2) is 8.20. The van der Waals surface area contributed by atoms with E-state index in [4.69, 9.17) is 4.98 Å². The molecular weight excluding hydrogens is 394 g/mol. The monoisotopic (exact) mass is 417 g/mol. The van der Waals surface area contributed by atoms with Gasteiger partial charge in [0.1, 0.15) is 5.01 Å². The zero-order chi connectivity index (χ0) is 21.3. The van der Waals surface area contributed by atoms with E-state index in [9.17, 15) is 4.79 Å². The lowest BCUT2D eigenvalue weighted by atomic mass is 9.94. The largest absolute Gasteiger partial charge is 0.327 e. The van der Waals surface area contributed by atoms with Crippen LogP contribution in [0.1, 0.15) is 40.5 Å². The van der Waals surface area contributed by atoms with Crippen LogP contribution in [-0.2, 0) is 6.54 Å². The molecule has 0 spiro atoms. The van der Waals surface area contributed by atoms with E-state index in [0.29, 0.717) is 6.54 Å². The van der Waals surface area contributed by atoms with E-state index in [1.807, 2.05) is 62.5 Å². The van der Waals surface area contributed by atoms with Crippen LogP contribution in [0.15, 0.2) is 52.5 Å². The van der Waals surface area contributed by atoms with Crippen molar-refractivity contribution in [3.05, 3.63) is 75.0 Å². The number of rotatable bonds is 5. The highest BCUT2D eigenvalue weighted by Gasteiger charge is 2.30. The summed E-state index contributed by atoms with van der Waals surface area (Å²) in [4.78, 5) is 25.6. The molecule has 7 heteroatoms. The van der Waals surface area contributed by atoms with Gasteiger partial charge in [0, 0.05) is 39.2 Å². The maximum absolute atomic E-state index is 12.2. The van der Waals surface area contributed by atoms with Gasteiger partial charge in [-0.3, -0.25) is 9.98 Å². The molecule has 2 N–H and O–H groups in total. The van der Waals surface area contributed by atoms with Crippen molar-refractivity contribution in [2.75, 3.05) is 0 Å². The van der Waals surface area contributed by atoms with Gasteiger partial charge in [0.25, 0.3) is 0 Å². The standard InChI is InChI=1S/C23H23N5OS/c1-13-5-10-18(14(2)25-13)21-20(15(3)26-23(29)28-21)22-27-19(12-30-22)17-8-6-16(7-9-17)11-24-4/h5-10,12,21H,4,11H2,1-3H3,(H2,26,28,29). The average molecular weight is 418 g/mol. The predicted molar refractivity (Wildman–Crippen MR) is 122 cm³/mol. The van der Waals surface area contributed by atoms with Gasteiger partial charge in [-0.1, -0.05) is 30.3 Å². The number of aliphatic imine (C=N–C) groups is 1. The summed E-state index contributed by atoms with van der Waals surface area (Å²) >= 11 is 1.57. The van der Waals surface area contributed by atoms with Crippen molar-refractivity contribution < 1.29 is 4.79 Å². The van der Waals surface area contributed by atoms with E-state index in [1.165, 1.54) is 0 Å². The Morgan fingerprint density at radius 2 is 1.87 bits per heavy atom. The molecular formula is C23H23N5OS. The lowest BCUT2D eigenvalue weighted by molar-refractivity contribution is 0.240. The molecule has 1 aliphatic heterocycles. The fourth-order valence-corrected chi connectivity index (χ4v) is 4.61. The van der Waals surface area contributed by atoms with E-state index in [1.54, 1.807) is 11.3 Å². The number of hydrogen-bond donors (Lipinski definition) is 2. The molecule has 0 radical (unpaired) electrons. The first-order valence-corrected chi connectivity index (χ1v) is 10.5. The number of nitrogens with one attached hydrogen (secondary N) is 2. The highest BCUT2D eigenvalue weighted by molar-refractivity contribution is 7.11. The minimum absolute atomic E-state index is 0.218. The molecule has 0 bridgehead atoms. The van der Waals surface area contributed by atoms with Gasteiger partial charge in [-0.25, -0.2) is 9.78 Å². The third-order valence-electron chi connectivity index (χ3n) is 5.12. The van der Waals surface area contributed by atoms with Crippen LogP contribution in [0.3, 0.4) is 0 Å². The summed E-state index contributed by atoms with van der Waals surface area (Å²) < 4.78 is 0. The number of urea groups is 1. The number of thiazole rings is 1. The Morgan fingerprint density at radius 3 is 2.57 bits per heavy atom. The van der Waals surface area contributed by atoms with Gasteiger partial charge >= 0.3 is 6.03 Å². The normalized spacial score (nSPS) is 16.2. The summed E-state index contributed by atoms with van der Waals surface area (Å²) in [5.41, 5.74) is 7.65. The lowest BCUT2D eigenvalue weighted by Gasteiger charge is -2.29. The first-order chi connectivity index (χ1) is 14.5. The summed E-state index contributed by atoms with van der Waals surface area (Å²) in [6.07, 6.45) is 0. The Balaban J connectivity index is 1.72. The highest BCUT2D eigenvalue weighted by atomic mass is 32.1. The fourth-order valence-electron chi connectivity index (χ4n) is 3.65. The summed E-state index contributed by atoms with van der Waals surface area (Å²) in [5.74, 6) is 0. The molecule has 0 aliphatic carbocycles. The Bertz CT molecular complexity index is 1150. The number of pyridine rings is 1. The Hall–Kier alpha value is -3.32. The molecule has 1 aliphatic rings. The van der Waals surface area contributed by atoms with Crippen LogP contribution in [-0.4, -0.2) is 22.7 Å². The molecule has 2 amide bonds. The number of aryl methyl sites for hydroxylation is 2. The van der Waals surface area contributed by atoms with Crippen molar-refractivity contribution in [1.82, 2.24) is 20.6 Å². The van der Waals surface area contributed by atoms with E-state index in [2.05, 4.69) is 27.3 Å². The number of hydrogen-bond acceptors (Lipinski definition) is 5. The van der Waals surface area contributed by atoms with Gasteiger partial charge < -0.3 is 10.6 Å². The first-order valence-electron chi connectivity index (χ1n) is 9.66. The molecule has 3 heterocycles. The third kappa shape index (κ3) is 3.89. The van der Waals surface area contributed by atoms with Crippen LogP contribution in [0.2, 0.25) is 0 Å². The van der Waals surface area contributed by atoms with Crippen molar-refractivity contribution in [3.8, 4) is 11.3 Å². The summed E-state index contributed by atoms with van der Waals surface area (Å²) in [5, 5.41) is 8.85. The van der Waals surface area contributed by atoms with Crippen molar-refractivity contribution in [2.24, 2.45) is 4.99 Å². The van der Waals surface area contributed by atoms with Gasteiger partial charge in [-0.05, 0) is 39.1 Å². The second-order valence-electron chi connectivity index (χ2n) is 7.31. The van der Waals surface area contributed by atoms with E-state index >= 15 is 0 Å². The Morgan fingerprint density at radius 1 is 1.10 bits per heavy atom. The van der Waals surface area contributed by atoms with Crippen LogP contribution in [0.5, 0.6) is 0 Å². The highest BCUT2D eigenvalue weighted by Crippen LogP contribution is 2.38. The summed E-state index contributed by atoms with van der Waals surface area (Å²) in [6, 6.07) is 11.7. The van der Waals surface area contributed by atoms with E-state index in [0.717, 1.165) is 50.0 Å². The lowest BCUT2D eigenvalue weighted by Crippen LogP contribution is -2.43. The number of amides is 2. The summed E-state index contributed by atoms with van der Waals surface area (Å²) in [7, 11) is 0. The SMILES string of the molecule is C=NCc1ccc(-c2csc(C3=C(C)NC(=O)NC3c3ccc(C)nc3C)n2)cc1. The number of carbonyl (C=O) groups excluding carboxylic acids is 1. The van der Waals surface area contributed by atoms with Crippen LogP contribution >= 0.6 is 11.3 Å². The van der Waals surface area contributed by atoms with E-state index in [-0.39, 0.29) is 12.1 Å². The average Bonchev–Trinajstić information content (AvgIpc) is 3.18. The molecule has 0 fully saturated rings. The number of aromatic nitrogens is 2. The first kappa shape index (κ1) is 20.0. The Labute approximate surface area is 179 Å². The van der Waals surface area contributed by atoms with Gasteiger partial charge in [0.05, 0.1) is 18.3 Å². The number of benzene rings is 1. The summed E-state index contributed by atoms with van der Waals surface area (Å²) in [6.45, 7) is 9.99. The van der Waals surface area contributed by atoms with Crippen molar-refractivity contribution in [2.45, 2.75) is 33.4 Å². The maximum Gasteiger partial charge on any atom is 0.319 e. The van der Waals surface area contributed by atoms with Crippen molar-refractivity contribution in [1.29, 1.82) is 0 Å². The van der Waals surface area contributed by atoms with Crippen molar-refractivity contribution >= 4 is 29.7 Å².